The molecule has 2 aromatic rings. The van der Waals surface area contributed by atoms with Gasteiger partial charge in [-0.05, 0) is 30.7 Å². The number of methoxy groups -OCH3 is 1. The first kappa shape index (κ1) is 15.6. The van der Waals surface area contributed by atoms with Crippen LogP contribution < -0.4 is 10.2 Å². The number of nitrogens with one attached hydrogen (secondary N) is 1. The number of hydrogen-bond donors (Lipinski definition) is 1. The van der Waals surface area contributed by atoms with Gasteiger partial charge in [0.1, 0.15) is 5.75 Å². The van der Waals surface area contributed by atoms with Crippen LogP contribution in [0.1, 0.15) is 24.2 Å². The van der Waals surface area contributed by atoms with Gasteiger partial charge in [-0.1, -0.05) is 30.3 Å². The van der Waals surface area contributed by atoms with Gasteiger partial charge in [-0.3, -0.25) is 4.79 Å². The first-order valence-corrected chi connectivity index (χ1v) is 6.76. The third-order valence-corrected chi connectivity index (χ3v) is 2.90. The van der Waals surface area contributed by atoms with Crippen LogP contribution in [0.15, 0.2) is 36.4 Å². The predicted octanol–water partition coefficient (Wildman–Crippen LogP) is 3.05. The van der Waals surface area contributed by atoms with Crippen molar-refractivity contribution in [1.29, 1.82) is 0 Å². The minimum absolute atomic E-state index is 0.290. The Morgan fingerprint density at radius 3 is 2.50 bits per heavy atom. The number of carbonyl (C=O) groups is 2. The molecule has 1 N–H and O–H groups in total. The molecule has 6 nitrogen and oxygen atoms in total. The third-order valence-electron chi connectivity index (χ3n) is 2.90. The van der Waals surface area contributed by atoms with E-state index in [1.54, 1.807) is 26.0 Å². The molecule has 2 rings (SSSR count). The highest BCUT2D eigenvalue weighted by Gasteiger charge is 2.18. The number of rotatable bonds is 3. The summed E-state index contributed by atoms with van der Waals surface area (Å²) in [6.07, 6.45) is -1.31. The zero-order chi connectivity index (χ0) is 16.1. The van der Waals surface area contributed by atoms with E-state index < -0.39 is 12.1 Å². The van der Waals surface area contributed by atoms with Gasteiger partial charge in [0.25, 0.3) is 5.91 Å². The average Bonchev–Trinajstić information content (AvgIpc) is 2.50. The van der Waals surface area contributed by atoms with Crippen molar-refractivity contribution < 1.29 is 23.9 Å². The van der Waals surface area contributed by atoms with E-state index in [4.69, 9.17) is 9.47 Å². The fraction of sp³-hybridized carbons (Fsp3) is 0.250. The lowest BCUT2D eigenvalue weighted by Crippen LogP contribution is -2.29. The van der Waals surface area contributed by atoms with Crippen LogP contribution in [0.2, 0.25) is 0 Å². The van der Waals surface area contributed by atoms with Crippen molar-refractivity contribution in [3.8, 4) is 5.75 Å². The van der Waals surface area contributed by atoms with Crippen LogP contribution in [0, 0.1) is 0 Å². The van der Waals surface area contributed by atoms with Crippen molar-refractivity contribution in [1.82, 2.24) is 5.48 Å². The van der Waals surface area contributed by atoms with Crippen molar-refractivity contribution in [2.75, 3.05) is 7.11 Å². The lowest BCUT2D eigenvalue weighted by atomic mass is 10.0. The Bertz CT molecular complexity index is 696. The predicted molar refractivity (Wildman–Crippen MR) is 80.7 cm³/mol. The summed E-state index contributed by atoms with van der Waals surface area (Å²) in [5, 5.41) is 1.57. The van der Waals surface area contributed by atoms with Gasteiger partial charge in [-0.2, -0.15) is 5.48 Å². The smallest absolute Gasteiger partial charge is 0.496 e. The molecule has 0 aliphatic heterocycles. The van der Waals surface area contributed by atoms with Crippen LogP contribution in [-0.2, 0) is 9.57 Å². The van der Waals surface area contributed by atoms with E-state index in [0.717, 1.165) is 5.39 Å². The number of ether oxygens (including phenoxy) is 2. The molecule has 0 spiro atoms. The normalized spacial score (nSPS) is 10.4. The van der Waals surface area contributed by atoms with E-state index in [1.165, 1.54) is 7.11 Å². The first-order valence-electron chi connectivity index (χ1n) is 6.76. The number of amides is 1. The largest absolute Gasteiger partial charge is 0.533 e. The Morgan fingerprint density at radius 2 is 1.82 bits per heavy atom. The van der Waals surface area contributed by atoms with E-state index in [2.05, 4.69) is 10.3 Å². The molecule has 0 fully saturated rings. The van der Waals surface area contributed by atoms with Crippen molar-refractivity contribution in [2.24, 2.45) is 0 Å². The van der Waals surface area contributed by atoms with Crippen molar-refractivity contribution in [3.63, 3.8) is 0 Å². The molecule has 22 heavy (non-hydrogen) atoms. The van der Waals surface area contributed by atoms with Crippen molar-refractivity contribution in [3.05, 3.63) is 42.0 Å². The minimum atomic E-state index is -0.970. The standard InChI is InChI=1S/C16H17NO5/c1-10(2)21-16(19)22-17-15(18)14-12-7-5-4-6-11(12)8-9-13(14)20-3/h4-10H,1-3H3,(H,17,18). The van der Waals surface area contributed by atoms with E-state index >= 15 is 0 Å². The number of hydroxylamine groups is 1. The first-order chi connectivity index (χ1) is 10.5. The summed E-state index contributed by atoms with van der Waals surface area (Å²) in [4.78, 5) is 28.2. The summed E-state index contributed by atoms with van der Waals surface area (Å²) in [6.45, 7) is 3.35. The fourth-order valence-electron chi connectivity index (χ4n) is 2.01. The maximum Gasteiger partial charge on any atom is 0.533 e. The SMILES string of the molecule is COc1ccc2ccccc2c1C(=O)NOC(=O)OC(C)C. The molecule has 0 heterocycles. The van der Waals surface area contributed by atoms with Crippen LogP contribution in [0.4, 0.5) is 4.79 Å². The quantitative estimate of drug-likeness (QED) is 0.697. The lowest BCUT2D eigenvalue weighted by molar-refractivity contribution is 0.00222. The zero-order valence-electron chi connectivity index (χ0n) is 12.6. The molecule has 0 aliphatic rings. The molecule has 116 valence electrons. The summed E-state index contributed by atoms with van der Waals surface area (Å²) < 4.78 is 9.99. The van der Waals surface area contributed by atoms with Gasteiger partial charge in [0.15, 0.2) is 0 Å². The number of benzene rings is 2. The minimum Gasteiger partial charge on any atom is -0.496 e. The summed E-state index contributed by atoms with van der Waals surface area (Å²) in [6, 6.07) is 10.9. The molecule has 1 amide bonds. The second-order valence-corrected chi connectivity index (χ2v) is 4.81. The average molecular weight is 303 g/mol. The molecule has 0 saturated heterocycles. The number of hydrogen-bond acceptors (Lipinski definition) is 5. The van der Waals surface area contributed by atoms with Crippen LogP contribution in [-0.4, -0.2) is 25.3 Å². The van der Waals surface area contributed by atoms with Gasteiger partial charge in [0, 0.05) is 0 Å². The molecule has 6 heteroatoms. The highest BCUT2D eigenvalue weighted by atomic mass is 16.8. The topological polar surface area (TPSA) is 73.9 Å². The highest BCUT2D eigenvalue weighted by Crippen LogP contribution is 2.27. The highest BCUT2D eigenvalue weighted by molar-refractivity contribution is 6.09. The van der Waals surface area contributed by atoms with Crippen LogP contribution in [0.25, 0.3) is 10.8 Å². The van der Waals surface area contributed by atoms with Crippen molar-refractivity contribution >= 4 is 22.8 Å². The summed E-state index contributed by atoms with van der Waals surface area (Å²) >= 11 is 0. The van der Waals surface area contributed by atoms with Gasteiger partial charge < -0.3 is 14.3 Å². The van der Waals surface area contributed by atoms with E-state index in [1.807, 2.05) is 24.3 Å². The summed E-state index contributed by atoms with van der Waals surface area (Å²) in [7, 11) is 1.47. The molecule has 0 saturated carbocycles. The van der Waals surface area contributed by atoms with E-state index in [-0.39, 0.29) is 11.7 Å². The lowest BCUT2D eigenvalue weighted by Gasteiger charge is -2.12. The number of fused-ring (bicyclic) bond motifs is 1. The Morgan fingerprint density at radius 1 is 1.09 bits per heavy atom. The summed E-state index contributed by atoms with van der Waals surface area (Å²) in [5.74, 6) is -0.202. The maximum atomic E-state index is 12.3. The van der Waals surface area contributed by atoms with Gasteiger partial charge in [-0.15, -0.1) is 0 Å². The Labute approximate surface area is 127 Å². The fourth-order valence-corrected chi connectivity index (χ4v) is 2.01. The van der Waals surface area contributed by atoms with Crippen molar-refractivity contribution in [2.45, 2.75) is 20.0 Å². The van der Waals surface area contributed by atoms with Gasteiger partial charge in [0.05, 0.1) is 18.8 Å². The molecule has 0 aliphatic carbocycles. The van der Waals surface area contributed by atoms with Crippen LogP contribution in [0.5, 0.6) is 5.75 Å². The molecule has 0 atom stereocenters. The van der Waals surface area contributed by atoms with Gasteiger partial charge in [-0.25, -0.2) is 4.79 Å². The molecule has 2 aromatic carbocycles. The Hall–Kier alpha value is -2.76. The molecule has 0 unspecified atom stereocenters. The van der Waals surface area contributed by atoms with E-state index in [0.29, 0.717) is 11.1 Å². The number of carbonyl (C=O) groups excluding carboxylic acids is 2. The maximum absolute atomic E-state index is 12.3. The van der Waals surface area contributed by atoms with Gasteiger partial charge >= 0.3 is 6.16 Å². The Balaban J connectivity index is 2.25. The van der Waals surface area contributed by atoms with E-state index in [9.17, 15) is 9.59 Å². The monoisotopic (exact) mass is 303 g/mol. The summed E-state index contributed by atoms with van der Waals surface area (Å²) in [5.41, 5.74) is 2.37. The Kier molecular flexibility index (Phi) is 4.83. The molecular formula is C16H17NO5. The van der Waals surface area contributed by atoms with Crippen LogP contribution in [0.3, 0.4) is 0 Å². The third kappa shape index (κ3) is 3.46. The van der Waals surface area contributed by atoms with Gasteiger partial charge in [0.2, 0.25) is 0 Å². The second kappa shape index (κ2) is 6.80. The van der Waals surface area contributed by atoms with Crippen LogP contribution >= 0.6 is 0 Å². The zero-order valence-corrected chi connectivity index (χ0v) is 12.6. The molecular weight excluding hydrogens is 286 g/mol. The molecule has 0 aromatic heterocycles. The molecule has 0 bridgehead atoms. The molecule has 0 radical (unpaired) electrons. The second-order valence-electron chi connectivity index (χ2n) is 4.81.